The van der Waals surface area contributed by atoms with E-state index in [1.54, 1.807) is 24.5 Å². The molecule has 2 rings (SSSR count). The van der Waals surface area contributed by atoms with Gasteiger partial charge in [0.05, 0.1) is 28.4 Å². The van der Waals surface area contributed by atoms with Crippen LogP contribution in [-0.4, -0.2) is 9.97 Å². The molecule has 0 aliphatic rings. The van der Waals surface area contributed by atoms with E-state index in [1.807, 2.05) is 6.07 Å². The van der Waals surface area contributed by atoms with Gasteiger partial charge in [-0.25, -0.2) is 4.98 Å². The summed E-state index contributed by atoms with van der Waals surface area (Å²) in [4.78, 5) is 7.31. The van der Waals surface area contributed by atoms with E-state index in [1.165, 1.54) is 0 Å². The first-order valence-corrected chi connectivity index (χ1v) is 6.08. The van der Waals surface area contributed by atoms with Gasteiger partial charge in [-0.3, -0.25) is 0 Å². The number of imidazole rings is 1. The Hall–Kier alpha value is -1.99. The van der Waals surface area contributed by atoms with Gasteiger partial charge in [0.15, 0.2) is 0 Å². The maximum Gasteiger partial charge on any atom is 0.128 e. The normalized spacial score (nSPS) is 11.8. The molecule has 4 nitrogen and oxygen atoms in total. The van der Waals surface area contributed by atoms with Gasteiger partial charge >= 0.3 is 0 Å². The topological polar surface area (TPSA) is 64.5 Å². The molecule has 1 aromatic carbocycles. The minimum absolute atomic E-state index is 0.0745. The van der Waals surface area contributed by atoms with E-state index in [4.69, 9.17) is 16.9 Å². The van der Waals surface area contributed by atoms with Crippen molar-refractivity contribution < 1.29 is 0 Å². The second kappa shape index (κ2) is 5.56. The van der Waals surface area contributed by atoms with Crippen LogP contribution in [0.3, 0.4) is 0 Å². The van der Waals surface area contributed by atoms with Gasteiger partial charge in [-0.15, -0.1) is 0 Å². The molecule has 1 aromatic heterocycles. The highest BCUT2D eigenvalue weighted by molar-refractivity contribution is 6.33. The van der Waals surface area contributed by atoms with Crippen LogP contribution in [0.4, 0.5) is 5.69 Å². The van der Waals surface area contributed by atoms with Crippen LogP contribution >= 0.6 is 11.6 Å². The van der Waals surface area contributed by atoms with Crippen LogP contribution in [-0.2, 0) is 0 Å². The van der Waals surface area contributed by atoms with Crippen LogP contribution in [0.25, 0.3) is 0 Å². The molecule has 0 amide bonds. The zero-order chi connectivity index (χ0) is 13.0. The second-order valence-corrected chi connectivity index (χ2v) is 4.29. The Morgan fingerprint density at radius 3 is 2.94 bits per heavy atom. The maximum absolute atomic E-state index is 8.79. The van der Waals surface area contributed by atoms with E-state index in [2.05, 4.69) is 28.3 Å². The Bertz CT molecular complexity index is 557. The van der Waals surface area contributed by atoms with E-state index >= 15 is 0 Å². The van der Waals surface area contributed by atoms with Crippen molar-refractivity contribution in [3.63, 3.8) is 0 Å². The number of nitrogens with one attached hydrogen (secondary N) is 2. The number of anilines is 1. The highest BCUT2D eigenvalue weighted by Crippen LogP contribution is 2.27. The third-order valence-electron chi connectivity index (χ3n) is 2.69. The second-order valence-electron chi connectivity index (χ2n) is 3.89. The number of halogens is 1. The summed E-state index contributed by atoms with van der Waals surface area (Å²) in [6, 6.07) is 7.34. The number of nitriles is 1. The standard InChI is InChI=1S/C13H13ClN4/c1-2-11(13-16-5-6-17-13)18-12-4-3-9(8-15)7-10(12)14/h3-7,11,18H,2H2,1H3,(H,16,17). The zero-order valence-corrected chi connectivity index (χ0v) is 10.7. The van der Waals surface area contributed by atoms with Crippen molar-refractivity contribution in [2.45, 2.75) is 19.4 Å². The maximum atomic E-state index is 8.79. The lowest BCUT2D eigenvalue weighted by Gasteiger charge is -2.17. The van der Waals surface area contributed by atoms with Crippen molar-refractivity contribution >= 4 is 17.3 Å². The lowest BCUT2D eigenvalue weighted by Crippen LogP contribution is -2.11. The predicted octanol–water partition coefficient (Wildman–Crippen LogP) is 3.50. The quantitative estimate of drug-likeness (QED) is 0.884. The number of rotatable bonds is 4. The number of hydrogen-bond donors (Lipinski definition) is 2. The molecule has 5 heteroatoms. The summed E-state index contributed by atoms with van der Waals surface area (Å²) >= 11 is 6.13. The SMILES string of the molecule is CCC(Nc1ccc(C#N)cc1Cl)c1ncc[nH]1. The van der Waals surface area contributed by atoms with Gasteiger partial charge in [-0.2, -0.15) is 5.26 Å². The summed E-state index contributed by atoms with van der Waals surface area (Å²) in [5.74, 6) is 0.873. The van der Waals surface area contributed by atoms with Gasteiger partial charge in [-0.05, 0) is 24.6 Å². The first kappa shape index (κ1) is 12.5. The van der Waals surface area contributed by atoms with Crippen LogP contribution in [0.1, 0.15) is 30.8 Å². The molecule has 18 heavy (non-hydrogen) atoms. The van der Waals surface area contributed by atoms with E-state index in [9.17, 15) is 0 Å². The summed E-state index contributed by atoms with van der Waals surface area (Å²) in [6.07, 6.45) is 4.39. The first-order chi connectivity index (χ1) is 8.74. The average molecular weight is 261 g/mol. The summed E-state index contributed by atoms with van der Waals surface area (Å²) in [6.45, 7) is 2.07. The Kier molecular flexibility index (Phi) is 3.85. The van der Waals surface area contributed by atoms with Gasteiger partial charge in [0.25, 0.3) is 0 Å². The highest BCUT2D eigenvalue weighted by atomic mass is 35.5. The molecule has 0 saturated carbocycles. The molecular formula is C13H13ClN4. The van der Waals surface area contributed by atoms with Crippen LogP contribution in [0, 0.1) is 11.3 Å². The van der Waals surface area contributed by atoms with Gasteiger partial charge in [0, 0.05) is 12.4 Å². The number of nitrogens with zero attached hydrogens (tertiary/aromatic N) is 2. The Morgan fingerprint density at radius 1 is 1.56 bits per heavy atom. The van der Waals surface area contributed by atoms with Crippen molar-refractivity contribution in [2.75, 3.05) is 5.32 Å². The molecule has 2 N–H and O–H groups in total. The van der Waals surface area contributed by atoms with E-state index in [0.717, 1.165) is 17.9 Å². The van der Waals surface area contributed by atoms with Gasteiger partial charge < -0.3 is 10.3 Å². The molecule has 1 heterocycles. The van der Waals surface area contributed by atoms with Crippen molar-refractivity contribution in [3.05, 3.63) is 47.0 Å². The summed E-state index contributed by atoms with van der Waals surface area (Å²) < 4.78 is 0. The summed E-state index contributed by atoms with van der Waals surface area (Å²) in [5, 5.41) is 12.6. The van der Waals surface area contributed by atoms with Crippen molar-refractivity contribution in [2.24, 2.45) is 0 Å². The fraction of sp³-hybridized carbons (Fsp3) is 0.231. The molecular weight excluding hydrogens is 248 g/mol. The number of H-pyrrole nitrogens is 1. The predicted molar refractivity (Wildman–Crippen MR) is 71.4 cm³/mol. The molecule has 0 aliphatic carbocycles. The summed E-state index contributed by atoms with van der Waals surface area (Å²) in [5.41, 5.74) is 1.36. The number of aromatic amines is 1. The molecule has 0 saturated heterocycles. The number of hydrogen-bond acceptors (Lipinski definition) is 3. The van der Waals surface area contributed by atoms with Crippen LogP contribution in [0.5, 0.6) is 0 Å². The molecule has 1 atom stereocenters. The molecule has 2 aromatic rings. The molecule has 0 bridgehead atoms. The molecule has 0 radical (unpaired) electrons. The largest absolute Gasteiger partial charge is 0.374 e. The zero-order valence-electron chi connectivity index (χ0n) is 9.94. The smallest absolute Gasteiger partial charge is 0.128 e. The highest BCUT2D eigenvalue weighted by Gasteiger charge is 2.13. The summed E-state index contributed by atoms with van der Waals surface area (Å²) in [7, 11) is 0. The van der Waals surface area contributed by atoms with Crippen molar-refractivity contribution in [1.29, 1.82) is 5.26 Å². The van der Waals surface area contributed by atoms with Crippen LogP contribution in [0.2, 0.25) is 5.02 Å². The van der Waals surface area contributed by atoms with E-state index < -0.39 is 0 Å². The third-order valence-corrected chi connectivity index (χ3v) is 3.00. The Morgan fingerprint density at radius 2 is 2.39 bits per heavy atom. The Labute approximate surface area is 111 Å². The van der Waals surface area contributed by atoms with Gasteiger partial charge in [0.1, 0.15) is 5.82 Å². The van der Waals surface area contributed by atoms with Crippen molar-refractivity contribution in [3.8, 4) is 6.07 Å². The van der Waals surface area contributed by atoms with Gasteiger partial charge in [-0.1, -0.05) is 18.5 Å². The molecule has 0 spiro atoms. The number of aromatic nitrogens is 2. The monoisotopic (exact) mass is 260 g/mol. The minimum atomic E-state index is 0.0745. The van der Waals surface area contributed by atoms with Gasteiger partial charge in [0.2, 0.25) is 0 Å². The average Bonchev–Trinajstić information content (AvgIpc) is 2.91. The first-order valence-electron chi connectivity index (χ1n) is 5.70. The van der Waals surface area contributed by atoms with E-state index in [0.29, 0.717) is 10.6 Å². The minimum Gasteiger partial charge on any atom is -0.374 e. The van der Waals surface area contributed by atoms with Crippen molar-refractivity contribution in [1.82, 2.24) is 9.97 Å². The third kappa shape index (κ3) is 2.63. The fourth-order valence-electron chi connectivity index (χ4n) is 1.72. The molecule has 0 fully saturated rings. The van der Waals surface area contributed by atoms with Crippen LogP contribution < -0.4 is 5.32 Å². The van der Waals surface area contributed by atoms with Crippen LogP contribution in [0.15, 0.2) is 30.6 Å². The molecule has 0 aliphatic heterocycles. The fourth-order valence-corrected chi connectivity index (χ4v) is 1.96. The lowest BCUT2D eigenvalue weighted by molar-refractivity contribution is 0.704. The van der Waals surface area contributed by atoms with E-state index in [-0.39, 0.29) is 6.04 Å². The number of benzene rings is 1. The molecule has 92 valence electrons. The Balaban J connectivity index is 2.20. The molecule has 1 unspecified atom stereocenters. The lowest BCUT2D eigenvalue weighted by atomic mass is 10.1.